The van der Waals surface area contributed by atoms with Crippen molar-refractivity contribution in [2.45, 2.75) is 27.7 Å². The number of fused-ring (bicyclic) bond motifs is 5. The molecule has 0 aromatic heterocycles. The maximum atomic E-state index is 2.40. The minimum atomic E-state index is 1.28. The summed E-state index contributed by atoms with van der Waals surface area (Å²) in [5.74, 6) is 0. The average Bonchev–Trinajstić information content (AvgIpc) is 2.86. The lowest BCUT2D eigenvalue weighted by Gasteiger charge is -2.17. The smallest absolute Gasteiger partial charge is 0.00259 e. The fraction of sp³-hybridized carbons (Fsp3) is 0.118. The summed E-state index contributed by atoms with van der Waals surface area (Å²) in [6.07, 6.45) is 0. The van der Waals surface area contributed by atoms with E-state index >= 15 is 0 Å². The van der Waals surface area contributed by atoms with Gasteiger partial charge in [-0.2, -0.15) is 0 Å². The summed E-state index contributed by atoms with van der Waals surface area (Å²) >= 11 is 0. The molecule has 0 aliphatic heterocycles. The van der Waals surface area contributed by atoms with Crippen LogP contribution in [0.15, 0.2) is 97.1 Å². The summed E-state index contributed by atoms with van der Waals surface area (Å²) in [4.78, 5) is 0. The van der Waals surface area contributed by atoms with Crippen LogP contribution in [0, 0.1) is 27.7 Å². The minimum Gasteiger partial charge on any atom is -0.0616 e. The number of aryl methyl sites for hydroxylation is 4. The molecule has 6 aromatic rings. The van der Waals surface area contributed by atoms with Crippen LogP contribution in [0.1, 0.15) is 22.3 Å². The molecule has 0 heterocycles. The molecule has 0 aliphatic carbocycles. The Morgan fingerprint density at radius 1 is 0.382 bits per heavy atom. The van der Waals surface area contributed by atoms with Gasteiger partial charge < -0.3 is 0 Å². The van der Waals surface area contributed by atoms with Crippen molar-refractivity contribution < 1.29 is 0 Å². The Morgan fingerprint density at radius 2 is 0.794 bits per heavy atom. The van der Waals surface area contributed by atoms with Gasteiger partial charge >= 0.3 is 0 Å². The predicted octanol–water partition coefficient (Wildman–Crippen LogP) is 9.71. The quantitative estimate of drug-likeness (QED) is 0.237. The molecule has 0 aliphatic rings. The van der Waals surface area contributed by atoms with Crippen LogP contribution in [0.2, 0.25) is 0 Å². The zero-order valence-electron chi connectivity index (χ0n) is 20.2. The first-order chi connectivity index (χ1) is 16.5. The fourth-order valence-electron chi connectivity index (χ4n) is 5.28. The van der Waals surface area contributed by atoms with E-state index in [1.807, 2.05) is 0 Å². The Balaban J connectivity index is 1.76. The SMILES string of the molecule is Cc1ccc(-c2cc3cc(-c4ccc(C)c(C)c4)c4ccccc4c3c3ccccc23)cc1C. The maximum absolute atomic E-state index is 2.40. The number of hydrogen-bond donors (Lipinski definition) is 0. The number of benzene rings is 6. The van der Waals surface area contributed by atoms with Crippen LogP contribution < -0.4 is 0 Å². The molecule has 0 radical (unpaired) electrons. The largest absolute Gasteiger partial charge is 0.0616 e. The highest BCUT2D eigenvalue weighted by Crippen LogP contribution is 2.42. The molecule has 0 fully saturated rings. The maximum Gasteiger partial charge on any atom is -0.00259 e. The zero-order valence-corrected chi connectivity index (χ0v) is 20.2. The van der Waals surface area contributed by atoms with Gasteiger partial charge in [-0.15, -0.1) is 0 Å². The molecule has 0 atom stereocenters. The Morgan fingerprint density at radius 3 is 1.21 bits per heavy atom. The molecular formula is C34H28. The number of hydrogen-bond acceptors (Lipinski definition) is 0. The third-order valence-corrected chi connectivity index (χ3v) is 7.50. The molecule has 0 saturated carbocycles. The molecule has 6 aromatic carbocycles. The van der Waals surface area contributed by atoms with Crippen molar-refractivity contribution in [1.29, 1.82) is 0 Å². The molecule has 164 valence electrons. The second kappa shape index (κ2) is 7.85. The summed E-state index contributed by atoms with van der Waals surface area (Å²) < 4.78 is 0. The third-order valence-electron chi connectivity index (χ3n) is 7.50. The van der Waals surface area contributed by atoms with E-state index in [1.165, 1.54) is 76.8 Å². The lowest BCUT2D eigenvalue weighted by Crippen LogP contribution is -1.90. The standard InChI is InChI=1S/C34H28/c1-21-13-15-25(17-23(21)3)32-19-27-20-33(26-16-14-22(2)24(4)18-26)29-10-6-8-12-31(29)34(27)30-11-7-5-9-28(30)32/h5-20H,1-4H3. The zero-order chi connectivity index (χ0) is 23.4. The van der Waals surface area contributed by atoms with Gasteiger partial charge in [-0.3, -0.25) is 0 Å². The first-order valence-corrected chi connectivity index (χ1v) is 12.0. The highest BCUT2D eigenvalue weighted by Gasteiger charge is 2.15. The molecule has 0 heteroatoms. The van der Waals surface area contributed by atoms with Gasteiger partial charge in [-0.1, -0.05) is 84.9 Å². The normalized spacial score (nSPS) is 11.5. The minimum absolute atomic E-state index is 1.28. The van der Waals surface area contributed by atoms with E-state index in [0.29, 0.717) is 0 Å². The van der Waals surface area contributed by atoms with E-state index < -0.39 is 0 Å². The lowest BCUT2D eigenvalue weighted by molar-refractivity contribution is 1.34. The third kappa shape index (κ3) is 3.22. The Bertz CT molecular complexity index is 1610. The second-order valence-corrected chi connectivity index (χ2v) is 9.64. The van der Waals surface area contributed by atoms with E-state index in [-0.39, 0.29) is 0 Å². The Kier molecular flexibility index (Phi) is 4.78. The predicted molar refractivity (Wildman–Crippen MR) is 149 cm³/mol. The topological polar surface area (TPSA) is 0 Å². The molecule has 6 rings (SSSR count). The van der Waals surface area contributed by atoms with Crippen molar-refractivity contribution >= 4 is 32.3 Å². The van der Waals surface area contributed by atoms with E-state index in [4.69, 9.17) is 0 Å². The van der Waals surface area contributed by atoms with Crippen molar-refractivity contribution in [2.24, 2.45) is 0 Å². The molecule has 0 amide bonds. The summed E-state index contributed by atoms with van der Waals surface area (Å²) in [6, 6.07) is 36.2. The Labute approximate surface area is 201 Å². The van der Waals surface area contributed by atoms with Gasteiger partial charge in [0.05, 0.1) is 0 Å². The highest BCUT2D eigenvalue weighted by atomic mass is 14.2. The van der Waals surface area contributed by atoms with E-state index in [2.05, 4.69) is 125 Å². The average molecular weight is 437 g/mol. The molecule has 0 N–H and O–H groups in total. The van der Waals surface area contributed by atoms with Crippen LogP contribution >= 0.6 is 0 Å². The molecule has 0 saturated heterocycles. The second-order valence-electron chi connectivity index (χ2n) is 9.64. The van der Waals surface area contributed by atoms with Gasteiger partial charge in [-0.25, -0.2) is 0 Å². The number of rotatable bonds is 2. The first kappa shape index (κ1) is 20.7. The van der Waals surface area contributed by atoms with Crippen molar-refractivity contribution in [3.05, 3.63) is 119 Å². The summed E-state index contributed by atoms with van der Waals surface area (Å²) in [6.45, 7) is 8.76. The van der Waals surface area contributed by atoms with Gasteiger partial charge in [0, 0.05) is 0 Å². The monoisotopic (exact) mass is 436 g/mol. The van der Waals surface area contributed by atoms with Gasteiger partial charge in [0.15, 0.2) is 0 Å². The van der Waals surface area contributed by atoms with Gasteiger partial charge in [0.25, 0.3) is 0 Å². The molecule has 34 heavy (non-hydrogen) atoms. The van der Waals surface area contributed by atoms with Crippen LogP contribution in [0.4, 0.5) is 0 Å². The van der Waals surface area contributed by atoms with Crippen LogP contribution in [0.5, 0.6) is 0 Å². The molecule has 0 nitrogen and oxygen atoms in total. The van der Waals surface area contributed by atoms with Crippen LogP contribution in [0.25, 0.3) is 54.6 Å². The van der Waals surface area contributed by atoms with Crippen LogP contribution in [0.3, 0.4) is 0 Å². The lowest BCUT2D eigenvalue weighted by atomic mass is 9.87. The van der Waals surface area contributed by atoms with Gasteiger partial charge in [0.1, 0.15) is 0 Å². The van der Waals surface area contributed by atoms with Crippen molar-refractivity contribution in [2.75, 3.05) is 0 Å². The molecule has 0 bridgehead atoms. The van der Waals surface area contributed by atoms with Crippen LogP contribution in [-0.4, -0.2) is 0 Å². The summed E-state index contributed by atoms with van der Waals surface area (Å²) in [5.41, 5.74) is 10.5. The van der Waals surface area contributed by atoms with Gasteiger partial charge in [0.2, 0.25) is 0 Å². The summed E-state index contributed by atoms with van der Waals surface area (Å²) in [5, 5.41) is 7.88. The van der Waals surface area contributed by atoms with Crippen molar-refractivity contribution in [1.82, 2.24) is 0 Å². The molecular weight excluding hydrogens is 408 g/mol. The van der Waals surface area contributed by atoms with E-state index in [9.17, 15) is 0 Å². The first-order valence-electron chi connectivity index (χ1n) is 12.0. The molecule has 0 spiro atoms. The van der Waals surface area contributed by atoms with Gasteiger partial charge in [-0.05, 0) is 117 Å². The van der Waals surface area contributed by atoms with Crippen LogP contribution in [-0.2, 0) is 0 Å². The highest BCUT2D eigenvalue weighted by molar-refractivity contribution is 6.25. The van der Waals surface area contributed by atoms with Crippen molar-refractivity contribution in [3.8, 4) is 22.3 Å². The fourth-order valence-corrected chi connectivity index (χ4v) is 5.28. The van der Waals surface area contributed by atoms with E-state index in [1.54, 1.807) is 0 Å². The Hall–Kier alpha value is -3.90. The summed E-state index contributed by atoms with van der Waals surface area (Å²) in [7, 11) is 0. The van der Waals surface area contributed by atoms with E-state index in [0.717, 1.165) is 0 Å². The molecule has 0 unspecified atom stereocenters. The van der Waals surface area contributed by atoms with Crippen molar-refractivity contribution in [3.63, 3.8) is 0 Å².